The van der Waals surface area contributed by atoms with Crippen LogP contribution in [0.25, 0.3) is 0 Å². The highest BCUT2D eigenvalue weighted by Crippen LogP contribution is 2.40. The Morgan fingerprint density at radius 1 is 1.86 bits per heavy atom. The molecule has 40 valence electrons. The molecule has 0 aromatic rings. The Kier molecular flexibility index (Phi) is 1.18. The van der Waals surface area contributed by atoms with Gasteiger partial charge >= 0.3 is 0 Å². The van der Waals surface area contributed by atoms with Gasteiger partial charge in [-0.1, -0.05) is 13.0 Å². The van der Waals surface area contributed by atoms with Crippen molar-refractivity contribution in [3.05, 3.63) is 12.7 Å². The lowest BCUT2D eigenvalue weighted by Crippen LogP contribution is -1.70. The van der Waals surface area contributed by atoms with Crippen LogP contribution in [-0.4, -0.2) is 0 Å². The average molecular weight is 96.2 g/mol. The molecule has 2 atom stereocenters. The zero-order chi connectivity index (χ0) is 5.28. The maximum Gasteiger partial charge on any atom is -0.0322 e. The van der Waals surface area contributed by atoms with E-state index in [0.29, 0.717) is 0 Å². The molecule has 0 aromatic carbocycles. The van der Waals surface area contributed by atoms with Gasteiger partial charge in [-0.2, -0.15) is 0 Å². The molecule has 0 radical (unpaired) electrons. The summed E-state index contributed by atoms with van der Waals surface area (Å²) in [7, 11) is 0. The molecule has 1 aliphatic rings. The van der Waals surface area contributed by atoms with Crippen molar-refractivity contribution in [3.8, 4) is 0 Å². The predicted molar refractivity (Wildman–Crippen MR) is 32.1 cm³/mol. The quantitative estimate of drug-likeness (QED) is 0.462. The lowest BCUT2D eigenvalue weighted by molar-refractivity contribution is 0.767. The Balaban J connectivity index is 2.08. The van der Waals surface area contributed by atoms with Gasteiger partial charge in [0.2, 0.25) is 0 Å². The van der Waals surface area contributed by atoms with Gasteiger partial charge in [0.25, 0.3) is 0 Å². The standard InChI is InChI=1S/C7H12/c1-3-4-7-5-6(7)2/h3,6-7H,1,4-5H2,2H3/t6-,7+/m0/s1. The molecule has 1 saturated carbocycles. The molecule has 0 spiro atoms. The first kappa shape index (κ1) is 4.89. The van der Waals surface area contributed by atoms with E-state index < -0.39 is 0 Å². The molecule has 7 heavy (non-hydrogen) atoms. The van der Waals surface area contributed by atoms with E-state index >= 15 is 0 Å². The fourth-order valence-corrected chi connectivity index (χ4v) is 0.942. The second kappa shape index (κ2) is 1.69. The molecule has 1 rings (SSSR count). The molecule has 0 saturated heterocycles. The van der Waals surface area contributed by atoms with Crippen molar-refractivity contribution in [2.75, 3.05) is 0 Å². The first-order valence-corrected chi connectivity index (χ1v) is 2.95. The highest BCUT2D eigenvalue weighted by atomic mass is 14.4. The number of allylic oxidation sites excluding steroid dienone is 1. The molecule has 1 aliphatic carbocycles. The van der Waals surface area contributed by atoms with Crippen LogP contribution in [0.4, 0.5) is 0 Å². The van der Waals surface area contributed by atoms with Crippen LogP contribution in [0.15, 0.2) is 12.7 Å². The number of rotatable bonds is 2. The van der Waals surface area contributed by atoms with Crippen LogP contribution in [0.2, 0.25) is 0 Å². The highest BCUT2D eigenvalue weighted by Gasteiger charge is 2.30. The summed E-state index contributed by atoms with van der Waals surface area (Å²) in [6, 6.07) is 0. The van der Waals surface area contributed by atoms with Crippen molar-refractivity contribution in [2.24, 2.45) is 11.8 Å². The zero-order valence-electron chi connectivity index (χ0n) is 4.85. The first-order chi connectivity index (χ1) is 3.34. The van der Waals surface area contributed by atoms with Crippen molar-refractivity contribution < 1.29 is 0 Å². The van der Waals surface area contributed by atoms with Crippen molar-refractivity contribution in [2.45, 2.75) is 19.8 Å². The summed E-state index contributed by atoms with van der Waals surface area (Å²) in [5.41, 5.74) is 0. The molecule has 0 heterocycles. The van der Waals surface area contributed by atoms with E-state index in [2.05, 4.69) is 13.5 Å². The SMILES string of the molecule is C=CC[C@@H]1C[C@@H]1C. The molecule has 0 unspecified atom stereocenters. The summed E-state index contributed by atoms with van der Waals surface area (Å²) < 4.78 is 0. The third-order valence-corrected chi connectivity index (χ3v) is 1.75. The van der Waals surface area contributed by atoms with Gasteiger partial charge in [-0.3, -0.25) is 0 Å². The van der Waals surface area contributed by atoms with Crippen molar-refractivity contribution in [3.63, 3.8) is 0 Å². The minimum atomic E-state index is 0.998. The summed E-state index contributed by atoms with van der Waals surface area (Å²) in [5.74, 6) is 2.00. The second-order valence-corrected chi connectivity index (χ2v) is 2.50. The summed E-state index contributed by atoms with van der Waals surface area (Å²) in [4.78, 5) is 0. The summed E-state index contributed by atoms with van der Waals surface area (Å²) in [5, 5.41) is 0. The monoisotopic (exact) mass is 96.1 g/mol. The van der Waals surface area contributed by atoms with E-state index in [4.69, 9.17) is 0 Å². The van der Waals surface area contributed by atoms with Gasteiger partial charge in [0.15, 0.2) is 0 Å². The summed E-state index contributed by atoms with van der Waals surface area (Å²) >= 11 is 0. The molecule has 0 N–H and O–H groups in total. The molecule has 0 nitrogen and oxygen atoms in total. The molecule has 0 aliphatic heterocycles. The third kappa shape index (κ3) is 1.05. The summed E-state index contributed by atoms with van der Waals surface area (Å²) in [6.07, 6.45) is 4.70. The van der Waals surface area contributed by atoms with Gasteiger partial charge in [0.1, 0.15) is 0 Å². The summed E-state index contributed by atoms with van der Waals surface area (Å²) in [6.45, 7) is 5.98. The predicted octanol–water partition coefficient (Wildman–Crippen LogP) is 2.22. The van der Waals surface area contributed by atoms with Crippen LogP contribution >= 0.6 is 0 Å². The maximum absolute atomic E-state index is 3.68. The molecule has 0 aromatic heterocycles. The lowest BCUT2D eigenvalue weighted by Gasteiger charge is -1.82. The van der Waals surface area contributed by atoms with E-state index in [1.807, 2.05) is 6.08 Å². The van der Waals surface area contributed by atoms with E-state index in [9.17, 15) is 0 Å². The number of hydrogen-bond acceptors (Lipinski definition) is 0. The lowest BCUT2D eigenvalue weighted by atomic mass is 10.2. The van der Waals surface area contributed by atoms with Crippen molar-refractivity contribution >= 4 is 0 Å². The third-order valence-electron chi connectivity index (χ3n) is 1.75. The Morgan fingerprint density at radius 3 is 2.57 bits per heavy atom. The van der Waals surface area contributed by atoms with E-state index in [-0.39, 0.29) is 0 Å². The molecule has 0 heteroatoms. The van der Waals surface area contributed by atoms with Crippen LogP contribution in [-0.2, 0) is 0 Å². The topological polar surface area (TPSA) is 0 Å². The van der Waals surface area contributed by atoms with Crippen LogP contribution in [0.3, 0.4) is 0 Å². The Labute approximate surface area is 45.2 Å². The van der Waals surface area contributed by atoms with Gasteiger partial charge in [-0.05, 0) is 24.7 Å². The maximum atomic E-state index is 3.68. The molecular weight excluding hydrogens is 84.1 g/mol. The molecule has 0 amide bonds. The average Bonchev–Trinajstić information content (AvgIpc) is 2.22. The van der Waals surface area contributed by atoms with Gasteiger partial charge in [0.05, 0.1) is 0 Å². The first-order valence-electron chi connectivity index (χ1n) is 2.95. The Morgan fingerprint density at radius 2 is 2.43 bits per heavy atom. The molecule has 0 bridgehead atoms. The van der Waals surface area contributed by atoms with Crippen LogP contribution in [0.5, 0.6) is 0 Å². The van der Waals surface area contributed by atoms with Crippen LogP contribution in [0, 0.1) is 11.8 Å². The number of hydrogen-bond donors (Lipinski definition) is 0. The van der Waals surface area contributed by atoms with Crippen LogP contribution in [0.1, 0.15) is 19.8 Å². The Hall–Kier alpha value is -0.260. The normalized spacial score (nSPS) is 37.9. The van der Waals surface area contributed by atoms with Crippen LogP contribution < -0.4 is 0 Å². The zero-order valence-corrected chi connectivity index (χ0v) is 4.85. The fourth-order valence-electron chi connectivity index (χ4n) is 0.942. The van der Waals surface area contributed by atoms with Crippen molar-refractivity contribution in [1.82, 2.24) is 0 Å². The van der Waals surface area contributed by atoms with Crippen molar-refractivity contribution in [1.29, 1.82) is 0 Å². The van der Waals surface area contributed by atoms with E-state index in [1.165, 1.54) is 12.8 Å². The highest BCUT2D eigenvalue weighted by molar-refractivity contribution is 4.87. The smallest absolute Gasteiger partial charge is 0.0322 e. The second-order valence-electron chi connectivity index (χ2n) is 2.50. The van der Waals surface area contributed by atoms with Gasteiger partial charge < -0.3 is 0 Å². The Bertz CT molecular complexity index is 74.1. The fraction of sp³-hybridized carbons (Fsp3) is 0.714. The van der Waals surface area contributed by atoms with E-state index in [1.54, 1.807) is 0 Å². The minimum absolute atomic E-state index is 0.998. The van der Waals surface area contributed by atoms with Gasteiger partial charge in [0, 0.05) is 0 Å². The molecule has 1 fully saturated rings. The van der Waals surface area contributed by atoms with E-state index in [0.717, 1.165) is 11.8 Å². The largest absolute Gasteiger partial charge is 0.103 e. The van der Waals surface area contributed by atoms with Gasteiger partial charge in [-0.25, -0.2) is 0 Å². The molecular formula is C7H12. The van der Waals surface area contributed by atoms with Gasteiger partial charge in [-0.15, -0.1) is 6.58 Å². The minimum Gasteiger partial charge on any atom is -0.103 e.